The lowest BCUT2D eigenvalue weighted by Gasteiger charge is -1.80. The highest BCUT2D eigenvalue weighted by atomic mass is 16.4. The Morgan fingerprint density at radius 1 is 1.78 bits per heavy atom. The van der Waals surface area contributed by atoms with Crippen LogP contribution in [-0.2, 0) is 0 Å². The molecule has 1 aromatic rings. The summed E-state index contributed by atoms with van der Waals surface area (Å²) in [7, 11) is 0. The van der Waals surface area contributed by atoms with Crippen LogP contribution in [0, 0.1) is 6.92 Å². The number of aryl methyl sites for hydroxylation is 1. The molecule has 0 amide bonds. The summed E-state index contributed by atoms with van der Waals surface area (Å²) in [5.41, 5.74) is 6.09. The first kappa shape index (κ1) is 5.88. The maximum Gasteiger partial charge on any atom is 0.194 e. The van der Waals surface area contributed by atoms with Gasteiger partial charge in [-0.15, -0.1) is 0 Å². The van der Waals surface area contributed by atoms with E-state index in [-0.39, 0.29) is 5.76 Å². The largest absolute Gasteiger partial charge is 0.438 e. The Kier molecular flexibility index (Phi) is 1.26. The van der Waals surface area contributed by atoms with Gasteiger partial charge in [0.05, 0.1) is 0 Å². The second-order valence-electron chi connectivity index (χ2n) is 1.81. The second kappa shape index (κ2) is 1.93. The molecule has 0 aliphatic carbocycles. The van der Waals surface area contributed by atoms with Crippen LogP contribution >= 0.6 is 0 Å². The highest BCUT2D eigenvalue weighted by Crippen LogP contribution is 2.13. The first-order valence-electron chi connectivity index (χ1n) is 2.55. The Balaban J connectivity index is 3.11. The lowest BCUT2D eigenvalue weighted by molar-refractivity contribution is 0.110. The Morgan fingerprint density at radius 2 is 2.44 bits per heavy atom. The summed E-state index contributed by atoms with van der Waals surface area (Å²) in [4.78, 5) is 10.0. The molecule has 0 saturated heterocycles. The molecule has 0 aromatic carbocycles. The van der Waals surface area contributed by atoms with Gasteiger partial charge in [-0.1, -0.05) is 0 Å². The normalized spacial score (nSPS) is 9.44. The van der Waals surface area contributed by atoms with Crippen molar-refractivity contribution >= 4 is 12.2 Å². The molecule has 1 aromatic heterocycles. The molecule has 2 N–H and O–H groups in total. The number of nitrogens with two attached hydrogens (primary N) is 1. The van der Waals surface area contributed by atoms with Gasteiger partial charge >= 0.3 is 0 Å². The van der Waals surface area contributed by atoms with Gasteiger partial charge in [-0.2, -0.15) is 0 Å². The maximum atomic E-state index is 10.0. The third kappa shape index (κ3) is 0.937. The van der Waals surface area contributed by atoms with Crippen molar-refractivity contribution in [2.45, 2.75) is 6.92 Å². The Morgan fingerprint density at radius 3 is 2.67 bits per heavy atom. The number of carbonyl (C=O) groups is 1. The number of furan rings is 1. The Hall–Kier alpha value is -1.25. The van der Waals surface area contributed by atoms with E-state index in [0.717, 1.165) is 5.56 Å². The fourth-order valence-corrected chi connectivity index (χ4v) is 0.580. The van der Waals surface area contributed by atoms with Gasteiger partial charge in [-0.25, -0.2) is 0 Å². The molecule has 3 nitrogen and oxygen atoms in total. The zero-order chi connectivity index (χ0) is 6.85. The van der Waals surface area contributed by atoms with E-state index < -0.39 is 0 Å². The molecule has 0 saturated carbocycles. The van der Waals surface area contributed by atoms with E-state index in [0.29, 0.717) is 12.2 Å². The van der Waals surface area contributed by atoms with Crippen LogP contribution in [0.3, 0.4) is 0 Å². The fourth-order valence-electron chi connectivity index (χ4n) is 0.580. The van der Waals surface area contributed by atoms with Crippen molar-refractivity contribution in [3.05, 3.63) is 17.4 Å². The van der Waals surface area contributed by atoms with E-state index in [2.05, 4.69) is 0 Å². The van der Waals surface area contributed by atoms with Gasteiger partial charge < -0.3 is 10.2 Å². The molecular weight excluding hydrogens is 118 g/mol. The van der Waals surface area contributed by atoms with Gasteiger partial charge in [0.15, 0.2) is 17.9 Å². The van der Waals surface area contributed by atoms with Crippen LogP contribution < -0.4 is 5.73 Å². The van der Waals surface area contributed by atoms with Crippen molar-refractivity contribution in [3.63, 3.8) is 0 Å². The molecular formula is C6H7NO2. The zero-order valence-corrected chi connectivity index (χ0v) is 5.05. The first-order valence-corrected chi connectivity index (χ1v) is 2.55. The van der Waals surface area contributed by atoms with Crippen LogP contribution in [0.5, 0.6) is 0 Å². The number of aldehydes is 1. The van der Waals surface area contributed by atoms with E-state index in [1.807, 2.05) is 0 Å². The molecule has 0 unspecified atom stereocenters. The van der Waals surface area contributed by atoms with Crippen molar-refractivity contribution in [1.29, 1.82) is 0 Å². The van der Waals surface area contributed by atoms with Crippen molar-refractivity contribution < 1.29 is 9.21 Å². The first-order chi connectivity index (χ1) is 4.24. The number of hydrogen-bond acceptors (Lipinski definition) is 3. The van der Waals surface area contributed by atoms with Crippen LogP contribution in [0.25, 0.3) is 0 Å². The molecule has 0 bridgehead atoms. The Labute approximate surface area is 52.5 Å². The van der Waals surface area contributed by atoms with Gasteiger partial charge in [0, 0.05) is 5.56 Å². The minimum atomic E-state index is 0.282. The summed E-state index contributed by atoms with van der Waals surface area (Å²) >= 11 is 0. The van der Waals surface area contributed by atoms with Crippen molar-refractivity contribution in [2.75, 3.05) is 5.73 Å². The van der Waals surface area contributed by atoms with E-state index in [9.17, 15) is 4.79 Å². The number of carbonyl (C=O) groups excluding carboxylic acids is 1. The van der Waals surface area contributed by atoms with Crippen molar-refractivity contribution in [2.24, 2.45) is 0 Å². The standard InChI is InChI=1S/C6H7NO2/c1-4-2-5(3-8)9-6(4)7/h2-3H,7H2,1H3. The smallest absolute Gasteiger partial charge is 0.194 e. The number of anilines is 1. The van der Waals surface area contributed by atoms with Crippen molar-refractivity contribution in [1.82, 2.24) is 0 Å². The molecule has 0 aliphatic rings. The van der Waals surface area contributed by atoms with Crippen molar-refractivity contribution in [3.8, 4) is 0 Å². The molecule has 9 heavy (non-hydrogen) atoms. The molecule has 3 heteroatoms. The summed E-state index contributed by atoms with van der Waals surface area (Å²) in [5, 5.41) is 0. The molecule has 0 fully saturated rings. The highest BCUT2D eigenvalue weighted by Gasteiger charge is 2.00. The van der Waals surface area contributed by atoms with Crippen LogP contribution in [0.4, 0.5) is 5.88 Å². The minimum Gasteiger partial charge on any atom is -0.438 e. The Bertz CT molecular complexity index is 207. The summed E-state index contributed by atoms with van der Waals surface area (Å²) in [5.74, 6) is 0.599. The molecule has 0 atom stereocenters. The fraction of sp³-hybridized carbons (Fsp3) is 0.167. The van der Waals surface area contributed by atoms with Gasteiger partial charge in [-0.05, 0) is 13.0 Å². The van der Waals surface area contributed by atoms with Crippen LogP contribution in [0.15, 0.2) is 10.5 Å². The quantitative estimate of drug-likeness (QED) is 0.569. The van der Waals surface area contributed by atoms with Crippen LogP contribution in [-0.4, -0.2) is 6.29 Å². The summed E-state index contributed by atoms with van der Waals surface area (Å²) in [6, 6.07) is 1.60. The number of nitrogen functional groups attached to an aromatic ring is 1. The topological polar surface area (TPSA) is 56.2 Å². The molecule has 0 aliphatic heterocycles. The maximum absolute atomic E-state index is 10.0. The van der Waals surface area contributed by atoms with Gasteiger partial charge in [0.2, 0.25) is 0 Å². The SMILES string of the molecule is Cc1cc(C=O)oc1N. The summed E-state index contributed by atoms with van der Waals surface area (Å²) in [6.45, 7) is 1.78. The predicted octanol–water partition coefficient (Wildman–Crippen LogP) is 0.983. The van der Waals surface area contributed by atoms with Gasteiger partial charge in [-0.3, -0.25) is 4.79 Å². The lowest BCUT2D eigenvalue weighted by atomic mass is 10.3. The van der Waals surface area contributed by atoms with Gasteiger partial charge in [0.25, 0.3) is 0 Å². The third-order valence-electron chi connectivity index (χ3n) is 1.09. The minimum absolute atomic E-state index is 0.282. The number of hydrogen-bond donors (Lipinski definition) is 1. The monoisotopic (exact) mass is 125 g/mol. The molecule has 0 spiro atoms. The van der Waals surface area contributed by atoms with Crippen LogP contribution in [0.2, 0.25) is 0 Å². The molecule has 1 rings (SSSR count). The predicted molar refractivity (Wildman–Crippen MR) is 33.2 cm³/mol. The second-order valence-corrected chi connectivity index (χ2v) is 1.81. The van der Waals surface area contributed by atoms with Gasteiger partial charge in [0.1, 0.15) is 0 Å². The summed E-state index contributed by atoms with van der Waals surface area (Å²) in [6.07, 6.45) is 0.628. The van der Waals surface area contributed by atoms with E-state index in [4.69, 9.17) is 10.2 Å². The van der Waals surface area contributed by atoms with Crippen LogP contribution in [0.1, 0.15) is 16.1 Å². The molecule has 48 valence electrons. The van der Waals surface area contributed by atoms with E-state index >= 15 is 0 Å². The highest BCUT2D eigenvalue weighted by molar-refractivity contribution is 5.72. The summed E-state index contributed by atoms with van der Waals surface area (Å²) < 4.78 is 4.77. The van der Waals surface area contributed by atoms with E-state index in [1.54, 1.807) is 13.0 Å². The number of rotatable bonds is 1. The third-order valence-corrected chi connectivity index (χ3v) is 1.09. The van der Waals surface area contributed by atoms with E-state index in [1.165, 1.54) is 0 Å². The zero-order valence-electron chi connectivity index (χ0n) is 5.05. The average Bonchev–Trinajstić information content (AvgIpc) is 2.13. The lowest BCUT2D eigenvalue weighted by Crippen LogP contribution is -1.80. The molecule has 1 heterocycles. The molecule has 0 radical (unpaired) electrons. The average molecular weight is 125 g/mol.